The molecule has 0 amide bonds. The van der Waals surface area contributed by atoms with E-state index in [9.17, 15) is 0 Å². The van der Waals surface area contributed by atoms with E-state index in [0.717, 1.165) is 32.8 Å². The first-order chi connectivity index (χ1) is 7.84. The molecule has 0 aromatic heterocycles. The van der Waals surface area contributed by atoms with Gasteiger partial charge >= 0.3 is 0 Å². The van der Waals surface area contributed by atoms with Crippen LogP contribution in [0.15, 0.2) is 0 Å². The molecule has 16 heavy (non-hydrogen) atoms. The van der Waals surface area contributed by atoms with Gasteiger partial charge in [0.05, 0.1) is 13.2 Å². The highest BCUT2D eigenvalue weighted by atomic mass is 16.5. The van der Waals surface area contributed by atoms with E-state index in [1.807, 2.05) is 0 Å². The smallest absolute Gasteiger partial charge is 0.0594 e. The number of ether oxygens (including phenoxy) is 1. The summed E-state index contributed by atoms with van der Waals surface area (Å²) in [5.41, 5.74) is 5.88. The minimum absolute atomic E-state index is 0.430. The van der Waals surface area contributed by atoms with Crippen LogP contribution < -0.4 is 5.73 Å². The van der Waals surface area contributed by atoms with E-state index in [-0.39, 0.29) is 0 Å². The molecule has 2 rings (SSSR count). The maximum Gasteiger partial charge on any atom is 0.0594 e. The largest absolute Gasteiger partial charge is 0.379 e. The third-order valence-corrected chi connectivity index (χ3v) is 3.61. The molecule has 0 aromatic carbocycles. The summed E-state index contributed by atoms with van der Waals surface area (Å²) < 4.78 is 5.34. The van der Waals surface area contributed by atoms with Gasteiger partial charge in [0, 0.05) is 25.7 Å². The molecule has 2 saturated heterocycles. The van der Waals surface area contributed by atoms with Crippen molar-refractivity contribution in [3.63, 3.8) is 0 Å². The predicted octanol–water partition coefficient (Wildman–Crippen LogP) is 0.132. The molecule has 0 saturated carbocycles. The Morgan fingerprint density at radius 3 is 2.31 bits per heavy atom. The number of rotatable bonds is 5. The quantitative estimate of drug-likeness (QED) is 0.678. The average molecular weight is 227 g/mol. The zero-order chi connectivity index (χ0) is 11.2. The van der Waals surface area contributed by atoms with E-state index in [0.29, 0.717) is 6.04 Å². The van der Waals surface area contributed by atoms with Crippen molar-refractivity contribution in [2.75, 3.05) is 52.5 Å². The lowest BCUT2D eigenvalue weighted by Crippen LogP contribution is -2.37. The standard InChI is InChI=1S/C12H25N3O/c13-12-3-6-15(11-12)5-2-1-4-14-7-9-16-10-8-14/h12H,1-11,13H2. The van der Waals surface area contributed by atoms with Crippen LogP contribution in [-0.2, 0) is 4.74 Å². The lowest BCUT2D eigenvalue weighted by Gasteiger charge is -2.26. The van der Waals surface area contributed by atoms with Crippen LogP contribution in [0.2, 0.25) is 0 Å². The van der Waals surface area contributed by atoms with Crippen molar-refractivity contribution < 1.29 is 4.74 Å². The molecule has 1 atom stereocenters. The molecule has 94 valence electrons. The van der Waals surface area contributed by atoms with E-state index in [4.69, 9.17) is 10.5 Å². The van der Waals surface area contributed by atoms with Crippen LogP contribution in [-0.4, -0.2) is 68.3 Å². The Hall–Kier alpha value is -0.160. The van der Waals surface area contributed by atoms with Crippen LogP contribution in [0.3, 0.4) is 0 Å². The SMILES string of the molecule is NC1CCN(CCCCN2CCOCC2)C1. The highest BCUT2D eigenvalue weighted by Gasteiger charge is 2.18. The third kappa shape index (κ3) is 4.01. The monoisotopic (exact) mass is 227 g/mol. The van der Waals surface area contributed by atoms with Crippen molar-refractivity contribution in [3.8, 4) is 0 Å². The topological polar surface area (TPSA) is 41.7 Å². The molecule has 1 unspecified atom stereocenters. The van der Waals surface area contributed by atoms with E-state index in [1.54, 1.807) is 0 Å². The Bertz CT molecular complexity index is 188. The molecule has 0 spiro atoms. The zero-order valence-electron chi connectivity index (χ0n) is 10.2. The van der Waals surface area contributed by atoms with Gasteiger partial charge in [0.15, 0.2) is 0 Å². The number of nitrogens with two attached hydrogens (primary N) is 1. The van der Waals surface area contributed by atoms with Crippen molar-refractivity contribution >= 4 is 0 Å². The number of nitrogens with zero attached hydrogens (tertiary/aromatic N) is 2. The van der Waals surface area contributed by atoms with Crippen molar-refractivity contribution in [2.45, 2.75) is 25.3 Å². The molecule has 0 bridgehead atoms. The number of unbranched alkanes of at least 4 members (excludes halogenated alkanes) is 1. The van der Waals surface area contributed by atoms with Gasteiger partial charge in [-0.3, -0.25) is 4.90 Å². The summed E-state index contributed by atoms with van der Waals surface area (Å²) in [5, 5.41) is 0. The summed E-state index contributed by atoms with van der Waals surface area (Å²) in [6, 6.07) is 0.430. The van der Waals surface area contributed by atoms with Crippen LogP contribution in [0.1, 0.15) is 19.3 Å². The predicted molar refractivity (Wildman–Crippen MR) is 65.5 cm³/mol. The van der Waals surface area contributed by atoms with Gasteiger partial charge in [0.2, 0.25) is 0 Å². The van der Waals surface area contributed by atoms with Crippen molar-refractivity contribution in [2.24, 2.45) is 5.73 Å². The molecule has 2 aliphatic heterocycles. The van der Waals surface area contributed by atoms with E-state index in [1.165, 1.54) is 38.9 Å². The first-order valence-electron chi connectivity index (χ1n) is 6.62. The second-order valence-electron chi connectivity index (χ2n) is 5.01. The van der Waals surface area contributed by atoms with Crippen LogP contribution in [0.5, 0.6) is 0 Å². The third-order valence-electron chi connectivity index (χ3n) is 3.61. The maximum atomic E-state index is 5.88. The Kier molecular flexibility index (Phi) is 5.03. The second kappa shape index (κ2) is 6.55. The van der Waals surface area contributed by atoms with Crippen molar-refractivity contribution in [3.05, 3.63) is 0 Å². The molecule has 2 fully saturated rings. The van der Waals surface area contributed by atoms with Gasteiger partial charge in [-0.25, -0.2) is 0 Å². The number of morpholine rings is 1. The Morgan fingerprint density at radius 1 is 1.00 bits per heavy atom. The van der Waals surface area contributed by atoms with Gasteiger partial charge in [0.1, 0.15) is 0 Å². The normalized spacial score (nSPS) is 28.7. The number of hydrogen-bond acceptors (Lipinski definition) is 4. The maximum absolute atomic E-state index is 5.88. The van der Waals surface area contributed by atoms with Crippen LogP contribution in [0, 0.1) is 0 Å². The summed E-state index contributed by atoms with van der Waals surface area (Å²) in [4.78, 5) is 5.02. The van der Waals surface area contributed by atoms with Crippen LogP contribution in [0.25, 0.3) is 0 Å². The highest BCUT2D eigenvalue weighted by Crippen LogP contribution is 2.08. The van der Waals surface area contributed by atoms with Gasteiger partial charge in [-0.05, 0) is 38.9 Å². The Morgan fingerprint density at radius 2 is 1.69 bits per heavy atom. The fourth-order valence-corrected chi connectivity index (χ4v) is 2.56. The molecule has 0 radical (unpaired) electrons. The molecule has 0 aromatic rings. The van der Waals surface area contributed by atoms with Gasteiger partial charge in [-0.15, -0.1) is 0 Å². The van der Waals surface area contributed by atoms with Crippen LogP contribution >= 0.6 is 0 Å². The summed E-state index contributed by atoms with van der Waals surface area (Å²) in [6.45, 7) is 8.86. The zero-order valence-corrected chi connectivity index (χ0v) is 10.2. The Balaban J connectivity index is 1.48. The molecule has 2 aliphatic rings. The average Bonchev–Trinajstić information content (AvgIpc) is 2.72. The molecule has 2 N–H and O–H groups in total. The first kappa shape index (κ1) is 12.3. The van der Waals surface area contributed by atoms with Crippen LogP contribution in [0.4, 0.5) is 0 Å². The minimum Gasteiger partial charge on any atom is -0.379 e. The second-order valence-corrected chi connectivity index (χ2v) is 5.01. The molecular formula is C12H25N3O. The molecule has 2 heterocycles. The van der Waals surface area contributed by atoms with E-state index >= 15 is 0 Å². The van der Waals surface area contributed by atoms with E-state index in [2.05, 4.69) is 9.80 Å². The first-order valence-corrected chi connectivity index (χ1v) is 6.62. The van der Waals surface area contributed by atoms with Gasteiger partial charge < -0.3 is 15.4 Å². The summed E-state index contributed by atoms with van der Waals surface area (Å²) in [5.74, 6) is 0. The van der Waals surface area contributed by atoms with Crippen molar-refractivity contribution in [1.82, 2.24) is 9.80 Å². The highest BCUT2D eigenvalue weighted by molar-refractivity contribution is 4.77. The molecular weight excluding hydrogens is 202 g/mol. The number of hydrogen-bond donors (Lipinski definition) is 1. The van der Waals surface area contributed by atoms with Gasteiger partial charge in [-0.1, -0.05) is 0 Å². The van der Waals surface area contributed by atoms with Gasteiger partial charge in [-0.2, -0.15) is 0 Å². The summed E-state index contributed by atoms with van der Waals surface area (Å²) in [7, 11) is 0. The van der Waals surface area contributed by atoms with Gasteiger partial charge in [0.25, 0.3) is 0 Å². The lowest BCUT2D eigenvalue weighted by atomic mass is 10.2. The van der Waals surface area contributed by atoms with Crippen molar-refractivity contribution in [1.29, 1.82) is 0 Å². The Labute approximate surface area is 98.7 Å². The number of likely N-dealkylation sites (tertiary alicyclic amines) is 1. The summed E-state index contributed by atoms with van der Waals surface area (Å²) >= 11 is 0. The molecule has 0 aliphatic carbocycles. The van der Waals surface area contributed by atoms with E-state index < -0.39 is 0 Å². The summed E-state index contributed by atoms with van der Waals surface area (Å²) in [6.07, 6.45) is 3.80. The fraction of sp³-hybridized carbons (Fsp3) is 1.00. The lowest BCUT2D eigenvalue weighted by molar-refractivity contribution is 0.0369. The molecule has 4 heteroatoms. The fourth-order valence-electron chi connectivity index (χ4n) is 2.56. The minimum atomic E-state index is 0.430. The molecule has 4 nitrogen and oxygen atoms in total.